The number of nitrogens with two attached hydrogens (primary N) is 1. The summed E-state index contributed by atoms with van der Waals surface area (Å²) in [6, 6.07) is 3.83. The van der Waals surface area contributed by atoms with E-state index >= 15 is 0 Å². The van der Waals surface area contributed by atoms with Crippen molar-refractivity contribution in [2.45, 2.75) is 25.7 Å². The van der Waals surface area contributed by atoms with Crippen molar-refractivity contribution in [3.05, 3.63) is 17.7 Å². The smallest absolute Gasteiger partial charge is 0.228 e. The summed E-state index contributed by atoms with van der Waals surface area (Å²) in [5, 5.41) is 11.6. The first-order valence-electron chi connectivity index (χ1n) is 6.66. The molecular weight excluding hydrogens is 242 g/mol. The Morgan fingerprint density at radius 3 is 2.89 bits per heavy atom. The maximum absolute atomic E-state index is 11.3. The highest BCUT2D eigenvalue weighted by atomic mass is 16.2. The van der Waals surface area contributed by atoms with Gasteiger partial charge in [0.1, 0.15) is 0 Å². The molecule has 0 radical (unpaired) electrons. The second-order valence-electron chi connectivity index (χ2n) is 5.00. The van der Waals surface area contributed by atoms with E-state index < -0.39 is 0 Å². The zero-order chi connectivity index (χ0) is 13.8. The minimum Gasteiger partial charge on any atom is -0.397 e. The Balaban J connectivity index is 2.04. The van der Waals surface area contributed by atoms with Crippen molar-refractivity contribution in [2.75, 3.05) is 36.1 Å². The number of fused-ring (bicyclic) bond motifs is 1. The van der Waals surface area contributed by atoms with Crippen LogP contribution in [0.2, 0.25) is 0 Å². The number of amides is 1. The highest BCUT2D eigenvalue weighted by Gasteiger charge is 2.20. The molecule has 1 aromatic carbocycles. The van der Waals surface area contributed by atoms with E-state index in [4.69, 9.17) is 10.8 Å². The average molecular weight is 263 g/mol. The number of benzene rings is 1. The lowest BCUT2D eigenvalue weighted by atomic mass is 10.1. The molecule has 1 heterocycles. The number of hydrogen-bond donors (Lipinski definition) is 3. The van der Waals surface area contributed by atoms with Crippen LogP contribution in [0, 0.1) is 0 Å². The third-order valence-electron chi connectivity index (χ3n) is 3.44. The van der Waals surface area contributed by atoms with Gasteiger partial charge < -0.3 is 21.1 Å². The molecule has 1 aromatic rings. The van der Waals surface area contributed by atoms with Crippen LogP contribution in [0.5, 0.6) is 0 Å². The fourth-order valence-corrected chi connectivity index (χ4v) is 2.37. The Bertz CT molecular complexity index is 474. The van der Waals surface area contributed by atoms with Gasteiger partial charge >= 0.3 is 0 Å². The van der Waals surface area contributed by atoms with Gasteiger partial charge in [0.2, 0.25) is 5.91 Å². The quantitative estimate of drug-likeness (QED) is 0.535. The number of nitrogen functional groups attached to an aromatic ring is 1. The molecule has 1 amide bonds. The normalized spacial score (nSPS) is 13.3. The number of anilines is 3. The minimum atomic E-state index is 0.0251. The molecule has 0 spiro atoms. The summed E-state index contributed by atoms with van der Waals surface area (Å²) in [6.07, 6.45) is 3.27. The van der Waals surface area contributed by atoms with Crippen LogP contribution in [0.1, 0.15) is 24.8 Å². The number of aliphatic hydroxyl groups is 1. The van der Waals surface area contributed by atoms with Crippen LogP contribution in [0.15, 0.2) is 12.1 Å². The summed E-state index contributed by atoms with van der Waals surface area (Å²) in [5.74, 6) is 0.0251. The molecule has 1 aliphatic heterocycles. The molecule has 19 heavy (non-hydrogen) atoms. The Kier molecular flexibility index (Phi) is 4.27. The van der Waals surface area contributed by atoms with E-state index in [0.717, 1.165) is 42.7 Å². The molecule has 2 rings (SSSR count). The standard InChI is InChI=1S/C14H21N3O2/c1-17(5-3-2-4-6-18)13-9-12-10(7-11(13)15)8-14(19)16-12/h7,9,18H,2-6,8,15H2,1H3,(H,16,19). The molecule has 104 valence electrons. The summed E-state index contributed by atoms with van der Waals surface area (Å²) in [4.78, 5) is 13.4. The van der Waals surface area contributed by atoms with Gasteiger partial charge in [-0.3, -0.25) is 4.79 Å². The van der Waals surface area contributed by atoms with E-state index in [1.807, 2.05) is 19.2 Å². The monoisotopic (exact) mass is 263 g/mol. The van der Waals surface area contributed by atoms with Crippen molar-refractivity contribution in [3.8, 4) is 0 Å². The molecule has 0 aromatic heterocycles. The van der Waals surface area contributed by atoms with Gasteiger partial charge in [0, 0.05) is 25.9 Å². The van der Waals surface area contributed by atoms with Crippen LogP contribution >= 0.6 is 0 Å². The average Bonchev–Trinajstić information content (AvgIpc) is 2.72. The van der Waals surface area contributed by atoms with Crippen LogP contribution in [0.25, 0.3) is 0 Å². The van der Waals surface area contributed by atoms with Crippen LogP contribution in [-0.4, -0.2) is 31.2 Å². The number of unbranched alkanes of at least 4 members (excludes halogenated alkanes) is 2. The molecule has 4 N–H and O–H groups in total. The van der Waals surface area contributed by atoms with Gasteiger partial charge in [-0.25, -0.2) is 0 Å². The zero-order valence-corrected chi connectivity index (χ0v) is 11.3. The van der Waals surface area contributed by atoms with E-state index in [9.17, 15) is 4.79 Å². The first-order chi connectivity index (χ1) is 9.11. The Labute approximate surface area is 113 Å². The molecule has 5 heteroatoms. The van der Waals surface area contributed by atoms with Crippen molar-refractivity contribution < 1.29 is 9.90 Å². The Morgan fingerprint density at radius 1 is 1.37 bits per heavy atom. The largest absolute Gasteiger partial charge is 0.397 e. The fourth-order valence-electron chi connectivity index (χ4n) is 2.37. The van der Waals surface area contributed by atoms with E-state index in [2.05, 4.69) is 10.2 Å². The number of nitrogens with one attached hydrogen (secondary N) is 1. The highest BCUT2D eigenvalue weighted by molar-refractivity contribution is 6.00. The van der Waals surface area contributed by atoms with Crippen LogP contribution < -0.4 is 16.0 Å². The fraction of sp³-hybridized carbons (Fsp3) is 0.500. The number of carbonyl (C=O) groups is 1. The summed E-state index contributed by atoms with van der Waals surface area (Å²) < 4.78 is 0. The van der Waals surface area contributed by atoms with Crippen LogP contribution in [-0.2, 0) is 11.2 Å². The van der Waals surface area contributed by atoms with Gasteiger partial charge in [-0.1, -0.05) is 0 Å². The van der Waals surface area contributed by atoms with Crippen molar-refractivity contribution in [2.24, 2.45) is 0 Å². The number of rotatable bonds is 6. The van der Waals surface area contributed by atoms with Gasteiger partial charge in [-0.05, 0) is 37.0 Å². The van der Waals surface area contributed by atoms with Gasteiger partial charge in [-0.2, -0.15) is 0 Å². The van der Waals surface area contributed by atoms with Crippen molar-refractivity contribution in [3.63, 3.8) is 0 Å². The van der Waals surface area contributed by atoms with Crippen molar-refractivity contribution in [1.29, 1.82) is 0 Å². The van der Waals surface area contributed by atoms with Gasteiger partial charge in [0.25, 0.3) is 0 Å². The maximum Gasteiger partial charge on any atom is 0.228 e. The zero-order valence-electron chi connectivity index (χ0n) is 11.3. The van der Waals surface area contributed by atoms with E-state index in [0.29, 0.717) is 12.1 Å². The molecule has 0 aliphatic carbocycles. The molecule has 0 saturated carbocycles. The lowest BCUT2D eigenvalue weighted by molar-refractivity contribution is -0.115. The van der Waals surface area contributed by atoms with E-state index in [1.54, 1.807) is 0 Å². The molecule has 0 atom stereocenters. The lowest BCUT2D eigenvalue weighted by Crippen LogP contribution is -2.20. The molecule has 5 nitrogen and oxygen atoms in total. The van der Waals surface area contributed by atoms with Gasteiger partial charge in [0.15, 0.2) is 0 Å². The molecular formula is C14H21N3O2. The highest BCUT2D eigenvalue weighted by Crippen LogP contribution is 2.33. The van der Waals surface area contributed by atoms with E-state index in [-0.39, 0.29) is 12.5 Å². The predicted molar refractivity (Wildman–Crippen MR) is 77.4 cm³/mol. The molecule has 0 saturated heterocycles. The Morgan fingerprint density at radius 2 is 2.16 bits per heavy atom. The first kappa shape index (κ1) is 13.7. The van der Waals surface area contributed by atoms with Crippen LogP contribution in [0.3, 0.4) is 0 Å². The van der Waals surface area contributed by atoms with E-state index in [1.165, 1.54) is 0 Å². The minimum absolute atomic E-state index is 0.0251. The Hall–Kier alpha value is -1.75. The van der Waals surface area contributed by atoms with Gasteiger partial charge in [0.05, 0.1) is 17.8 Å². The second-order valence-corrected chi connectivity index (χ2v) is 5.00. The summed E-state index contributed by atoms with van der Waals surface area (Å²) in [6.45, 7) is 1.13. The first-order valence-corrected chi connectivity index (χ1v) is 6.66. The molecule has 0 fully saturated rings. The van der Waals surface area contributed by atoms with Crippen LogP contribution in [0.4, 0.5) is 17.1 Å². The SMILES string of the molecule is CN(CCCCCO)c1cc2c(cc1N)CC(=O)N2. The second kappa shape index (κ2) is 5.93. The summed E-state index contributed by atoms with van der Waals surface area (Å²) in [7, 11) is 1.99. The summed E-state index contributed by atoms with van der Waals surface area (Å²) >= 11 is 0. The molecule has 0 unspecified atom stereocenters. The number of hydrogen-bond acceptors (Lipinski definition) is 4. The molecule has 1 aliphatic rings. The number of aliphatic hydroxyl groups excluding tert-OH is 1. The maximum atomic E-state index is 11.3. The number of carbonyl (C=O) groups excluding carboxylic acids is 1. The third-order valence-corrected chi connectivity index (χ3v) is 3.44. The lowest BCUT2D eigenvalue weighted by Gasteiger charge is -2.22. The molecule has 0 bridgehead atoms. The predicted octanol–water partition coefficient (Wildman–Crippen LogP) is 1.36. The topological polar surface area (TPSA) is 78.6 Å². The van der Waals surface area contributed by atoms with Gasteiger partial charge in [-0.15, -0.1) is 0 Å². The number of nitrogens with zero attached hydrogens (tertiary/aromatic N) is 1. The van der Waals surface area contributed by atoms with Crippen molar-refractivity contribution in [1.82, 2.24) is 0 Å². The third kappa shape index (κ3) is 3.17. The van der Waals surface area contributed by atoms with Crippen molar-refractivity contribution >= 4 is 23.0 Å². The summed E-state index contributed by atoms with van der Waals surface area (Å²) in [5.41, 5.74) is 9.55.